The maximum atomic E-state index is 12.7. The van der Waals surface area contributed by atoms with Crippen molar-refractivity contribution >= 4 is 0 Å². The third-order valence-corrected chi connectivity index (χ3v) is 1.16. The monoisotopic (exact) mass is 152 g/mol. The Morgan fingerprint density at radius 1 is 1.10 bits per heavy atom. The van der Waals surface area contributed by atoms with Crippen LogP contribution in [0.5, 0.6) is 0 Å². The summed E-state index contributed by atoms with van der Waals surface area (Å²) in [5, 5.41) is 0. The summed E-state index contributed by atoms with van der Waals surface area (Å²) in [7, 11) is 5.97. The van der Waals surface area contributed by atoms with Gasteiger partial charge in [-0.1, -0.05) is 0 Å². The standard InChI is InChI=1S/C6H14F2N2/c1-9(2)5-6(7,8)10(3)4/h5H2,1-4H3. The van der Waals surface area contributed by atoms with Gasteiger partial charge in [-0.05, 0) is 28.2 Å². The largest absolute Gasteiger partial charge is 0.316 e. The van der Waals surface area contributed by atoms with E-state index >= 15 is 0 Å². The molecule has 0 atom stereocenters. The molecule has 0 aliphatic carbocycles. The van der Waals surface area contributed by atoms with E-state index in [1.165, 1.54) is 19.0 Å². The van der Waals surface area contributed by atoms with Crippen LogP contribution >= 0.6 is 0 Å². The molecule has 0 bridgehead atoms. The van der Waals surface area contributed by atoms with E-state index in [2.05, 4.69) is 0 Å². The number of alkyl halides is 2. The zero-order chi connectivity index (χ0) is 8.36. The second-order valence-electron chi connectivity index (χ2n) is 2.80. The molecule has 0 amide bonds. The van der Waals surface area contributed by atoms with E-state index < -0.39 is 6.05 Å². The van der Waals surface area contributed by atoms with Gasteiger partial charge >= 0.3 is 6.05 Å². The molecule has 62 valence electrons. The van der Waals surface area contributed by atoms with Gasteiger partial charge in [0, 0.05) is 0 Å². The molecule has 0 unspecified atom stereocenters. The molecule has 0 radical (unpaired) electrons. The van der Waals surface area contributed by atoms with Crippen molar-refractivity contribution < 1.29 is 8.78 Å². The fourth-order valence-electron chi connectivity index (χ4n) is 0.522. The van der Waals surface area contributed by atoms with E-state index in [0.29, 0.717) is 0 Å². The summed E-state index contributed by atoms with van der Waals surface area (Å²) in [6.07, 6.45) is 0. The summed E-state index contributed by atoms with van der Waals surface area (Å²) in [6.45, 7) is -0.236. The molecule has 0 saturated carbocycles. The first-order chi connectivity index (χ1) is 4.36. The van der Waals surface area contributed by atoms with Crippen LogP contribution in [0, 0.1) is 0 Å². The molecule has 0 spiro atoms. The van der Waals surface area contributed by atoms with E-state index in [1.807, 2.05) is 0 Å². The highest BCUT2D eigenvalue weighted by atomic mass is 19.3. The minimum Gasteiger partial charge on any atom is -0.302 e. The first-order valence-corrected chi connectivity index (χ1v) is 3.06. The van der Waals surface area contributed by atoms with E-state index in [-0.39, 0.29) is 6.54 Å². The van der Waals surface area contributed by atoms with Crippen LogP contribution in [-0.4, -0.2) is 50.6 Å². The zero-order valence-corrected chi connectivity index (χ0v) is 6.86. The van der Waals surface area contributed by atoms with Gasteiger partial charge < -0.3 is 4.90 Å². The lowest BCUT2D eigenvalue weighted by Gasteiger charge is -2.26. The first kappa shape index (κ1) is 9.78. The second-order valence-corrected chi connectivity index (χ2v) is 2.80. The molecule has 0 N–H and O–H groups in total. The smallest absolute Gasteiger partial charge is 0.302 e. The average Bonchev–Trinajstić information content (AvgIpc) is 1.60. The molecule has 4 heteroatoms. The summed E-state index contributed by atoms with van der Waals surface area (Å²) in [6, 6.07) is -2.72. The van der Waals surface area contributed by atoms with Gasteiger partial charge in [0.2, 0.25) is 0 Å². The maximum absolute atomic E-state index is 12.7. The van der Waals surface area contributed by atoms with Crippen molar-refractivity contribution in [3.05, 3.63) is 0 Å². The highest BCUT2D eigenvalue weighted by molar-refractivity contribution is 4.64. The van der Waals surface area contributed by atoms with E-state index in [0.717, 1.165) is 4.90 Å². The molecule has 0 heterocycles. The van der Waals surface area contributed by atoms with Gasteiger partial charge in [0.25, 0.3) is 0 Å². The van der Waals surface area contributed by atoms with Crippen LogP contribution in [0.3, 0.4) is 0 Å². The van der Waals surface area contributed by atoms with Crippen LogP contribution < -0.4 is 0 Å². The summed E-state index contributed by atoms with van der Waals surface area (Å²) in [5.41, 5.74) is 0. The minimum absolute atomic E-state index is 0.236. The van der Waals surface area contributed by atoms with Crippen molar-refractivity contribution in [2.45, 2.75) is 6.05 Å². The van der Waals surface area contributed by atoms with E-state index in [9.17, 15) is 8.78 Å². The van der Waals surface area contributed by atoms with Crippen LogP contribution in [0.4, 0.5) is 8.78 Å². The Morgan fingerprint density at radius 3 is 1.60 bits per heavy atom. The van der Waals surface area contributed by atoms with Gasteiger partial charge in [0.05, 0.1) is 6.54 Å². The quantitative estimate of drug-likeness (QED) is 0.549. The highest BCUT2D eigenvalue weighted by Gasteiger charge is 2.31. The summed E-state index contributed by atoms with van der Waals surface area (Å²) in [5.74, 6) is 0. The van der Waals surface area contributed by atoms with E-state index in [1.54, 1.807) is 14.1 Å². The average molecular weight is 152 g/mol. The summed E-state index contributed by atoms with van der Waals surface area (Å²) < 4.78 is 25.4. The highest BCUT2D eigenvalue weighted by Crippen LogP contribution is 2.15. The molecule has 0 aliphatic rings. The maximum Gasteiger partial charge on any atom is 0.316 e. The summed E-state index contributed by atoms with van der Waals surface area (Å²) in [4.78, 5) is 2.37. The molecule has 0 aromatic rings. The molecule has 0 aromatic heterocycles. The minimum atomic E-state index is -2.72. The molecule has 0 fully saturated rings. The second kappa shape index (κ2) is 3.25. The Labute approximate surface area is 60.4 Å². The van der Waals surface area contributed by atoms with Gasteiger partial charge in [0.15, 0.2) is 0 Å². The van der Waals surface area contributed by atoms with Crippen molar-refractivity contribution in [1.82, 2.24) is 9.80 Å². The molecule has 2 nitrogen and oxygen atoms in total. The lowest BCUT2D eigenvalue weighted by Crippen LogP contribution is -2.43. The number of nitrogens with zero attached hydrogens (tertiary/aromatic N) is 2. The predicted molar refractivity (Wildman–Crippen MR) is 37.2 cm³/mol. The first-order valence-electron chi connectivity index (χ1n) is 3.06. The zero-order valence-electron chi connectivity index (χ0n) is 6.86. The van der Waals surface area contributed by atoms with Gasteiger partial charge in [-0.25, -0.2) is 4.90 Å². The number of likely N-dealkylation sites (N-methyl/N-ethyl adjacent to an activating group) is 2. The number of hydrogen-bond acceptors (Lipinski definition) is 2. The molecule has 0 aromatic carbocycles. The Hall–Kier alpha value is -0.220. The van der Waals surface area contributed by atoms with Crippen molar-refractivity contribution in [2.24, 2.45) is 0 Å². The number of hydrogen-bond donors (Lipinski definition) is 0. The van der Waals surface area contributed by atoms with Crippen LogP contribution in [0.1, 0.15) is 0 Å². The Balaban J connectivity index is 3.87. The molecule has 0 rings (SSSR count). The Kier molecular flexibility index (Phi) is 3.18. The lowest BCUT2D eigenvalue weighted by atomic mass is 10.4. The lowest BCUT2D eigenvalue weighted by molar-refractivity contribution is -0.133. The Morgan fingerprint density at radius 2 is 1.50 bits per heavy atom. The number of halogens is 2. The topological polar surface area (TPSA) is 6.48 Å². The van der Waals surface area contributed by atoms with Crippen LogP contribution in [0.15, 0.2) is 0 Å². The fourth-order valence-corrected chi connectivity index (χ4v) is 0.522. The fraction of sp³-hybridized carbons (Fsp3) is 1.00. The SMILES string of the molecule is CN(C)CC(F)(F)N(C)C. The number of rotatable bonds is 3. The normalized spacial score (nSPS) is 13.2. The molecular weight excluding hydrogens is 138 g/mol. The predicted octanol–water partition coefficient (Wildman–Crippen LogP) is 0.702. The van der Waals surface area contributed by atoms with Gasteiger partial charge in [-0.3, -0.25) is 0 Å². The van der Waals surface area contributed by atoms with Crippen molar-refractivity contribution in [3.63, 3.8) is 0 Å². The van der Waals surface area contributed by atoms with Crippen LogP contribution in [-0.2, 0) is 0 Å². The molecule has 0 aliphatic heterocycles. The van der Waals surface area contributed by atoms with Gasteiger partial charge in [-0.2, -0.15) is 8.78 Å². The summed E-state index contributed by atoms with van der Waals surface area (Å²) >= 11 is 0. The van der Waals surface area contributed by atoms with E-state index in [4.69, 9.17) is 0 Å². The van der Waals surface area contributed by atoms with Crippen LogP contribution in [0.2, 0.25) is 0 Å². The van der Waals surface area contributed by atoms with Gasteiger partial charge in [0.1, 0.15) is 0 Å². The van der Waals surface area contributed by atoms with Crippen molar-refractivity contribution in [3.8, 4) is 0 Å². The Bertz CT molecular complexity index is 102. The molecular formula is C6H14F2N2. The molecule has 0 saturated heterocycles. The third kappa shape index (κ3) is 3.08. The van der Waals surface area contributed by atoms with Crippen LogP contribution in [0.25, 0.3) is 0 Å². The molecule has 10 heavy (non-hydrogen) atoms. The third-order valence-electron chi connectivity index (χ3n) is 1.16. The van der Waals surface area contributed by atoms with Crippen molar-refractivity contribution in [1.29, 1.82) is 0 Å². The van der Waals surface area contributed by atoms with Crippen molar-refractivity contribution in [2.75, 3.05) is 34.7 Å². The van der Waals surface area contributed by atoms with Gasteiger partial charge in [-0.15, -0.1) is 0 Å².